The summed E-state index contributed by atoms with van der Waals surface area (Å²) in [5, 5.41) is 0. The van der Waals surface area contributed by atoms with E-state index in [0.717, 1.165) is 5.69 Å². The Hall–Kier alpha value is -0.410. The minimum Gasteiger partial charge on any atom is -0.252 e. The molecule has 0 aliphatic heterocycles. The molecule has 1 atom stereocenters. The summed E-state index contributed by atoms with van der Waals surface area (Å²) < 4.78 is 27.8. The van der Waals surface area contributed by atoms with Crippen LogP contribution in [0.5, 0.6) is 0 Å². The molecule has 0 radical (unpaired) electrons. The van der Waals surface area contributed by atoms with Crippen molar-refractivity contribution in [3.8, 4) is 0 Å². The van der Waals surface area contributed by atoms with E-state index in [1.165, 1.54) is 0 Å². The summed E-state index contributed by atoms with van der Waals surface area (Å²) in [4.78, 5) is 8.41. The van der Waals surface area contributed by atoms with E-state index in [-0.39, 0.29) is 0 Å². The van der Waals surface area contributed by atoms with E-state index in [2.05, 4.69) is 25.9 Å². The number of allylic oxidation sites excluding steroid dienone is 1. The third-order valence-corrected chi connectivity index (χ3v) is 4.39. The van der Waals surface area contributed by atoms with Gasteiger partial charge in [-0.05, 0) is 48.7 Å². The van der Waals surface area contributed by atoms with Gasteiger partial charge < -0.3 is 0 Å². The molecular weight excluding hydrogens is 321 g/mol. The monoisotopic (exact) mass is 334 g/mol. The van der Waals surface area contributed by atoms with Crippen LogP contribution < -0.4 is 0 Å². The maximum absolute atomic E-state index is 13.6. The highest BCUT2D eigenvalue weighted by Gasteiger charge is 2.60. The van der Waals surface area contributed by atoms with Crippen molar-refractivity contribution >= 4 is 31.2 Å². The first kappa shape index (κ1) is 14.0. The molecule has 1 saturated carbocycles. The Balaban J connectivity index is 2.34. The van der Waals surface area contributed by atoms with Crippen molar-refractivity contribution in [1.29, 1.82) is 0 Å². The number of aromatic nitrogens is 2. The van der Waals surface area contributed by atoms with Gasteiger partial charge in [0, 0.05) is 0 Å². The van der Waals surface area contributed by atoms with E-state index in [4.69, 9.17) is 0 Å². The second-order valence-electron chi connectivity index (χ2n) is 4.70. The molecule has 0 N–H and O–H groups in total. The summed E-state index contributed by atoms with van der Waals surface area (Å²) >= 11 is 3.23. The summed E-state index contributed by atoms with van der Waals surface area (Å²) in [5.74, 6) is 0. The van der Waals surface area contributed by atoms with Crippen molar-refractivity contribution in [2.24, 2.45) is 5.41 Å². The topological polar surface area (TPSA) is 25.8 Å². The minimum absolute atomic E-state index is 0.523. The third-order valence-electron chi connectivity index (χ3n) is 3.45. The Kier molecular flexibility index (Phi) is 3.58. The van der Waals surface area contributed by atoms with E-state index in [9.17, 15) is 8.78 Å². The van der Waals surface area contributed by atoms with Crippen LogP contribution in [0.3, 0.4) is 0 Å². The van der Waals surface area contributed by atoms with Gasteiger partial charge in [0.1, 0.15) is 4.60 Å². The normalized spacial score (nSPS) is 18.9. The van der Waals surface area contributed by atoms with Gasteiger partial charge in [-0.2, -0.15) is 0 Å². The molecule has 0 amide bonds. The predicted octanol–water partition coefficient (Wildman–Crippen LogP) is 4.20. The first-order chi connectivity index (χ1) is 8.26. The Morgan fingerprint density at radius 1 is 1.56 bits per heavy atom. The lowest BCUT2D eigenvalue weighted by molar-refractivity contribution is 0.0398. The zero-order valence-corrected chi connectivity index (χ0v) is 12.9. The Labute approximate surface area is 116 Å². The smallest absolute Gasteiger partial charge is 0.252 e. The van der Waals surface area contributed by atoms with Crippen molar-refractivity contribution in [2.75, 3.05) is 0 Å². The van der Waals surface area contributed by atoms with Gasteiger partial charge in [0.15, 0.2) is 0 Å². The number of halogens is 3. The number of nitrogens with zero attached hydrogens (tertiary/aromatic N) is 2. The van der Waals surface area contributed by atoms with E-state index >= 15 is 0 Å². The molecule has 1 heterocycles. The number of hydrogen-bond donors (Lipinski definition) is 0. The van der Waals surface area contributed by atoms with E-state index in [1.54, 1.807) is 28.4 Å². The average Bonchev–Trinajstić information content (AvgIpc) is 3.01. The molecule has 98 valence electrons. The number of aryl methyl sites for hydroxylation is 1. The molecular formula is C12H14BrF2N2P. The first-order valence-electron chi connectivity index (χ1n) is 5.61. The van der Waals surface area contributed by atoms with Gasteiger partial charge in [-0.3, -0.25) is 4.98 Å². The minimum atomic E-state index is -2.76. The molecule has 6 heteroatoms. The van der Waals surface area contributed by atoms with Crippen LogP contribution in [0.4, 0.5) is 8.78 Å². The van der Waals surface area contributed by atoms with Gasteiger partial charge in [-0.15, -0.1) is 0 Å². The molecule has 1 aliphatic rings. The molecule has 0 spiro atoms. The molecule has 0 aromatic carbocycles. The van der Waals surface area contributed by atoms with Gasteiger partial charge >= 0.3 is 0 Å². The molecule has 2 rings (SSSR count). The molecule has 1 fully saturated rings. The maximum atomic E-state index is 13.6. The summed E-state index contributed by atoms with van der Waals surface area (Å²) in [5.41, 5.74) is -1.71. The van der Waals surface area contributed by atoms with Gasteiger partial charge in [-0.25, -0.2) is 13.8 Å². The fourth-order valence-corrected chi connectivity index (χ4v) is 2.95. The predicted molar refractivity (Wildman–Crippen MR) is 74.4 cm³/mol. The van der Waals surface area contributed by atoms with Gasteiger partial charge in [0.25, 0.3) is 5.66 Å². The first-order valence-corrected chi connectivity index (χ1v) is 6.98. The molecule has 2 nitrogen and oxygen atoms in total. The average molecular weight is 335 g/mol. The van der Waals surface area contributed by atoms with Crippen molar-refractivity contribution in [1.82, 2.24) is 9.97 Å². The van der Waals surface area contributed by atoms with Crippen molar-refractivity contribution in [2.45, 2.75) is 32.4 Å². The van der Waals surface area contributed by atoms with Crippen LogP contribution in [0, 0.1) is 12.3 Å². The van der Waals surface area contributed by atoms with E-state index < -0.39 is 11.1 Å². The second-order valence-corrected chi connectivity index (χ2v) is 6.23. The second kappa shape index (κ2) is 4.61. The lowest BCUT2D eigenvalue weighted by atomic mass is 9.96. The lowest BCUT2D eigenvalue weighted by Crippen LogP contribution is -2.23. The molecule has 0 bridgehead atoms. The zero-order chi connectivity index (χ0) is 13.6. The largest absolute Gasteiger partial charge is 0.268 e. The maximum Gasteiger partial charge on any atom is 0.268 e. The fraction of sp³-hybridized carbons (Fsp3) is 0.500. The van der Waals surface area contributed by atoms with Crippen LogP contribution >= 0.6 is 25.2 Å². The summed E-state index contributed by atoms with van der Waals surface area (Å²) in [7, 11) is 1.66. The fourth-order valence-electron chi connectivity index (χ4n) is 2.06. The van der Waals surface area contributed by atoms with Crippen LogP contribution in [-0.2, 0) is 0 Å². The van der Waals surface area contributed by atoms with Crippen molar-refractivity contribution in [3.63, 3.8) is 0 Å². The number of hydrogen-bond acceptors (Lipinski definition) is 2. The van der Waals surface area contributed by atoms with Crippen LogP contribution in [0.1, 0.15) is 31.2 Å². The van der Waals surface area contributed by atoms with Crippen LogP contribution in [0.2, 0.25) is 0 Å². The van der Waals surface area contributed by atoms with Crippen LogP contribution in [-0.4, -0.2) is 15.6 Å². The van der Waals surface area contributed by atoms with Crippen LogP contribution in [0.15, 0.2) is 16.4 Å². The van der Waals surface area contributed by atoms with Crippen molar-refractivity contribution < 1.29 is 8.78 Å². The quantitative estimate of drug-likeness (QED) is 0.774. The lowest BCUT2D eigenvalue weighted by Gasteiger charge is -2.23. The third kappa shape index (κ3) is 2.48. The van der Waals surface area contributed by atoms with Gasteiger partial charge in [0.05, 0.1) is 23.0 Å². The van der Waals surface area contributed by atoms with Crippen LogP contribution in [0.25, 0.3) is 6.08 Å². The SMILES string of the molecule is C/C(=C\c1ncc(Br)nc1C)C1(C(F)(F)P)CC1. The number of rotatable bonds is 3. The standard InChI is InChI=1S/C12H14BrF2N2P/c1-7(11(3-4-11)12(14,15)18)5-9-8(2)17-10(13)6-16-9/h5-6H,3-4,18H2,1-2H3/b7-5+. The summed E-state index contributed by atoms with van der Waals surface area (Å²) in [6.45, 7) is 3.56. The Morgan fingerprint density at radius 3 is 2.61 bits per heavy atom. The molecule has 1 aromatic rings. The van der Waals surface area contributed by atoms with Crippen molar-refractivity contribution in [3.05, 3.63) is 27.8 Å². The molecule has 1 aliphatic carbocycles. The number of alkyl halides is 2. The highest BCUT2D eigenvalue weighted by molar-refractivity contribution is 9.10. The van der Waals surface area contributed by atoms with Gasteiger partial charge in [0.2, 0.25) is 0 Å². The van der Waals surface area contributed by atoms with E-state index in [0.29, 0.717) is 28.7 Å². The summed E-state index contributed by atoms with van der Waals surface area (Å²) in [6, 6.07) is 0. The molecule has 1 unspecified atom stereocenters. The molecule has 0 saturated heterocycles. The Bertz CT molecular complexity index is 507. The zero-order valence-electron chi connectivity index (χ0n) is 10.2. The molecule has 18 heavy (non-hydrogen) atoms. The Morgan fingerprint density at radius 2 is 2.17 bits per heavy atom. The molecule has 1 aromatic heterocycles. The van der Waals surface area contributed by atoms with E-state index in [1.807, 2.05) is 6.92 Å². The summed E-state index contributed by atoms with van der Waals surface area (Å²) in [6.07, 6.45) is 4.34. The highest BCUT2D eigenvalue weighted by atomic mass is 79.9. The highest BCUT2D eigenvalue weighted by Crippen LogP contribution is 2.64. The van der Waals surface area contributed by atoms with Gasteiger partial charge in [-0.1, -0.05) is 14.8 Å².